The van der Waals surface area contributed by atoms with Crippen LogP contribution in [0.1, 0.15) is 36.0 Å². The number of amidine groups is 2. The summed E-state index contributed by atoms with van der Waals surface area (Å²) in [5.41, 5.74) is 7.89. The highest BCUT2D eigenvalue weighted by atomic mass is 35.5. The van der Waals surface area contributed by atoms with Gasteiger partial charge in [0.1, 0.15) is 17.7 Å². The molecule has 2 atom stereocenters. The largest absolute Gasteiger partial charge is 0.489 e. The highest BCUT2D eigenvalue weighted by Gasteiger charge is 2.25. The summed E-state index contributed by atoms with van der Waals surface area (Å²) in [5, 5.41) is 27.2. The summed E-state index contributed by atoms with van der Waals surface area (Å²) in [6, 6.07) is 18.7. The van der Waals surface area contributed by atoms with Crippen LogP contribution in [0.5, 0.6) is 5.75 Å². The highest BCUT2D eigenvalue weighted by Crippen LogP contribution is 2.27. The zero-order valence-corrected chi connectivity index (χ0v) is 21.0. The van der Waals surface area contributed by atoms with Crippen LogP contribution in [0, 0.1) is 10.8 Å². The number of fused-ring (bicyclic) bond motifs is 1. The number of nitrogen functional groups attached to an aromatic ring is 1. The highest BCUT2D eigenvalue weighted by molar-refractivity contribution is 5.99. The van der Waals surface area contributed by atoms with E-state index in [1.165, 1.54) is 0 Å². The van der Waals surface area contributed by atoms with E-state index in [4.69, 9.17) is 21.3 Å². The summed E-state index contributed by atoms with van der Waals surface area (Å²) in [5.74, 6) is -0.258. The van der Waals surface area contributed by atoms with Gasteiger partial charge in [0.25, 0.3) is 0 Å². The van der Waals surface area contributed by atoms with E-state index in [0.29, 0.717) is 30.1 Å². The third-order valence-corrected chi connectivity index (χ3v) is 6.16. The molecule has 1 aliphatic rings. The van der Waals surface area contributed by atoms with Gasteiger partial charge in [-0.25, -0.2) is 0 Å². The number of carbonyl (C=O) groups is 1. The minimum atomic E-state index is -0.872. The molecule has 0 aromatic heterocycles. The number of benzene rings is 3. The zero-order valence-electron chi connectivity index (χ0n) is 19.4. The van der Waals surface area contributed by atoms with Crippen LogP contribution in [0.15, 0.2) is 60.7 Å². The lowest BCUT2D eigenvalue weighted by Crippen LogP contribution is -2.28. The second-order valence-corrected chi connectivity index (χ2v) is 8.53. The monoisotopic (exact) mass is 516 g/mol. The lowest BCUT2D eigenvalue weighted by molar-refractivity contribution is -0.138. The summed E-state index contributed by atoms with van der Waals surface area (Å²) in [7, 11) is 0. The standard InChI is InChI=1S/C26H28N4O3.2ClH/c1-16(27)30-11-10-23(15-30)33-22-8-6-18(7-9-22)24(26(31)32)13-17-2-3-20-14-21(25(28)29)5-4-19(20)12-17;;/h2-9,12,14,23-24,27H,10-11,13,15H2,1H3,(H3,28,29)(H,31,32);2*1H/t23-,24?;;/m0../s1. The van der Waals surface area contributed by atoms with Gasteiger partial charge in [-0.2, -0.15) is 0 Å². The van der Waals surface area contributed by atoms with Crippen molar-refractivity contribution >= 4 is 53.2 Å². The number of nitrogens with one attached hydrogen (secondary N) is 2. The van der Waals surface area contributed by atoms with Crippen molar-refractivity contribution in [2.24, 2.45) is 5.73 Å². The Hall–Kier alpha value is -3.29. The number of hydrogen-bond donors (Lipinski definition) is 4. The SMILES string of the molecule is CC(=N)N1CC[C@H](Oc2ccc(C(Cc3ccc4cc(C(=N)N)ccc4c3)C(=O)O)cc2)C1.Cl.Cl. The number of halogens is 2. The Kier molecular flexibility index (Phi) is 9.51. The van der Waals surface area contributed by atoms with Gasteiger partial charge < -0.3 is 20.5 Å². The number of aliphatic carboxylic acids is 1. The Morgan fingerprint density at radius 3 is 2.34 bits per heavy atom. The average Bonchev–Trinajstić information content (AvgIpc) is 3.26. The van der Waals surface area contributed by atoms with Crippen molar-refractivity contribution in [1.82, 2.24) is 4.90 Å². The molecule has 4 rings (SSSR count). The quantitative estimate of drug-likeness (QED) is 0.264. The Morgan fingerprint density at radius 2 is 1.74 bits per heavy atom. The molecule has 5 N–H and O–H groups in total. The zero-order chi connectivity index (χ0) is 23.5. The summed E-state index contributed by atoms with van der Waals surface area (Å²) < 4.78 is 6.03. The normalized spacial score (nSPS) is 15.6. The van der Waals surface area contributed by atoms with E-state index in [0.717, 1.165) is 34.9 Å². The second-order valence-electron chi connectivity index (χ2n) is 8.53. The second kappa shape index (κ2) is 11.9. The van der Waals surface area contributed by atoms with Gasteiger partial charge in [0.05, 0.1) is 18.3 Å². The van der Waals surface area contributed by atoms with E-state index in [2.05, 4.69) is 0 Å². The van der Waals surface area contributed by atoms with Crippen molar-refractivity contribution in [1.29, 1.82) is 10.8 Å². The Balaban J connectivity index is 0.00000216. The molecule has 1 unspecified atom stereocenters. The summed E-state index contributed by atoms with van der Waals surface area (Å²) in [6.07, 6.45) is 1.27. The molecule has 1 heterocycles. The molecule has 0 aliphatic carbocycles. The van der Waals surface area contributed by atoms with Crippen LogP contribution in [0.3, 0.4) is 0 Å². The average molecular weight is 517 g/mol. The third kappa shape index (κ3) is 6.65. The van der Waals surface area contributed by atoms with Gasteiger partial charge in [-0.05, 0) is 53.4 Å². The van der Waals surface area contributed by atoms with Crippen LogP contribution in [0.4, 0.5) is 0 Å². The van der Waals surface area contributed by atoms with E-state index < -0.39 is 11.9 Å². The molecular formula is C26H30Cl2N4O3. The van der Waals surface area contributed by atoms with Crippen molar-refractivity contribution < 1.29 is 14.6 Å². The molecule has 186 valence electrons. The summed E-state index contributed by atoms with van der Waals surface area (Å²) in [6.45, 7) is 3.30. The van der Waals surface area contributed by atoms with Gasteiger partial charge in [0.15, 0.2) is 0 Å². The van der Waals surface area contributed by atoms with Crippen LogP contribution in [-0.4, -0.2) is 46.8 Å². The molecular weight excluding hydrogens is 487 g/mol. The summed E-state index contributed by atoms with van der Waals surface area (Å²) in [4.78, 5) is 14.0. The predicted molar refractivity (Wildman–Crippen MR) is 144 cm³/mol. The van der Waals surface area contributed by atoms with Crippen LogP contribution < -0.4 is 10.5 Å². The first-order valence-corrected chi connectivity index (χ1v) is 11.0. The fraction of sp³-hybridized carbons (Fsp3) is 0.269. The van der Waals surface area contributed by atoms with Gasteiger partial charge in [0, 0.05) is 18.5 Å². The predicted octanol–water partition coefficient (Wildman–Crippen LogP) is 4.83. The fourth-order valence-corrected chi connectivity index (χ4v) is 4.27. The number of hydrogen-bond acceptors (Lipinski definition) is 4. The maximum atomic E-state index is 12.1. The van der Waals surface area contributed by atoms with E-state index in [1.807, 2.05) is 59.5 Å². The van der Waals surface area contributed by atoms with Crippen molar-refractivity contribution in [2.45, 2.75) is 31.8 Å². The molecule has 0 saturated carbocycles. The molecule has 0 spiro atoms. The third-order valence-electron chi connectivity index (χ3n) is 6.16. The van der Waals surface area contributed by atoms with Crippen molar-refractivity contribution in [2.75, 3.05) is 13.1 Å². The number of nitrogens with two attached hydrogens (primary N) is 1. The molecule has 0 radical (unpaired) electrons. The van der Waals surface area contributed by atoms with Gasteiger partial charge >= 0.3 is 5.97 Å². The van der Waals surface area contributed by atoms with E-state index in [-0.39, 0.29) is 36.8 Å². The molecule has 3 aromatic carbocycles. The Labute approximate surface area is 217 Å². The maximum absolute atomic E-state index is 12.1. The maximum Gasteiger partial charge on any atom is 0.311 e. The molecule has 1 fully saturated rings. The first-order chi connectivity index (χ1) is 15.8. The lowest BCUT2D eigenvalue weighted by atomic mass is 9.91. The fourth-order valence-electron chi connectivity index (χ4n) is 4.27. The number of carboxylic acid groups (broad SMARTS) is 1. The van der Waals surface area contributed by atoms with Gasteiger partial charge in [-0.15, -0.1) is 24.8 Å². The van der Waals surface area contributed by atoms with Crippen LogP contribution >= 0.6 is 24.8 Å². The Morgan fingerprint density at radius 1 is 1.09 bits per heavy atom. The molecule has 1 aliphatic heterocycles. The number of carboxylic acids is 1. The molecule has 3 aromatic rings. The van der Waals surface area contributed by atoms with Crippen molar-refractivity contribution in [3.05, 3.63) is 77.4 Å². The van der Waals surface area contributed by atoms with Crippen molar-refractivity contribution in [3.63, 3.8) is 0 Å². The van der Waals surface area contributed by atoms with Gasteiger partial charge in [-0.1, -0.05) is 42.5 Å². The minimum Gasteiger partial charge on any atom is -0.489 e. The lowest BCUT2D eigenvalue weighted by Gasteiger charge is -2.18. The molecule has 0 bridgehead atoms. The molecule has 1 saturated heterocycles. The number of rotatable bonds is 7. The Bertz CT molecular complexity index is 1220. The minimum absolute atomic E-state index is 0. The number of likely N-dealkylation sites (tertiary alicyclic amines) is 1. The molecule has 9 heteroatoms. The van der Waals surface area contributed by atoms with Crippen molar-refractivity contribution in [3.8, 4) is 5.75 Å². The first-order valence-electron chi connectivity index (χ1n) is 11.0. The van der Waals surface area contributed by atoms with E-state index in [1.54, 1.807) is 13.0 Å². The molecule has 35 heavy (non-hydrogen) atoms. The van der Waals surface area contributed by atoms with Crippen LogP contribution in [0.2, 0.25) is 0 Å². The number of ether oxygens (including phenoxy) is 1. The van der Waals surface area contributed by atoms with E-state index >= 15 is 0 Å². The van der Waals surface area contributed by atoms with E-state index in [9.17, 15) is 9.90 Å². The first kappa shape index (κ1) is 28.0. The molecule has 7 nitrogen and oxygen atoms in total. The van der Waals surface area contributed by atoms with Crippen LogP contribution in [0.25, 0.3) is 10.8 Å². The van der Waals surface area contributed by atoms with Gasteiger partial charge in [-0.3, -0.25) is 15.6 Å². The number of nitrogens with zero attached hydrogens (tertiary/aromatic N) is 1. The smallest absolute Gasteiger partial charge is 0.311 e. The summed E-state index contributed by atoms with van der Waals surface area (Å²) >= 11 is 0. The topological polar surface area (TPSA) is 123 Å². The van der Waals surface area contributed by atoms with Gasteiger partial charge in [0.2, 0.25) is 0 Å². The molecule has 0 amide bonds. The van der Waals surface area contributed by atoms with Crippen LogP contribution in [-0.2, 0) is 11.2 Å².